The average Bonchev–Trinajstić information content (AvgIpc) is 2.86. The van der Waals surface area contributed by atoms with E-state index in [9.17, 15) is 0 Å². The molecule has 0 radical (unpaired) electrons. The molecular formula is C14H17ClN2O. The van der Waals surface area contributed by atoms with Gasteiger partial charge >= 0.3 is 0 Å². The summed E-state index contributed by atoms with van der Waals surface area (Å²) < 4.78 is 5.23. The Morgan fingerprint density at radius 2 is 2.33 bits per heavy atom. The molecule has 1 aliphatic carbocycles. The van der Waals surface area contributed by atoms with E-state index in [2.05, 4.69) is 16.4 Å². The molecule has 2 aliphatic rings. The summed E-state index contributed by atoms with van der Waals surface area (Å²) in [5.74, 6) is 1.47. The van der Waals surface area contributed by atoms with Gasteiger partial charge in [-0.1, -0.05) is 17.7 Å². The van der Waals surface area contributed by atoms with E-state index in [1.54, 1.807) is 7.11 Å². The molecule has 3 rings (SSSR count). The Bertz CT molecular complexity index is 487. The summed E-state index contributed by atoms with van der Waals surface area (Å²) >= 11 is 5.96. The van der Waals surface area contributed by atoms with Gasteiger partial charge in [0.2, 0.25) is 0 Å². The molecule has 1 aliphatic heterocycles. The highest BCUT2D eigenvalue weighted by molar-refractivity contribution is 6.30. The topological polar surface area (TPSA) is 34.1 Å². The van der Waals surface area contributed by atoms with E-state index in [4.69, 9.17) is 16.3 Å². The molecule has 1 N–H and O–H groups in total. The number of hydrogen-bond donors (Lipinski definition) is 1. The van der Waals surface area contributed by atoms with Crippen molar-refractivity contribution in [3.8, 4) is 5.75 Å². The summed E-state index contributed by atoms with van der Waals surface area (Å²) in [7, 11) is 1.62. The summed E-state index contributed by atoms with van der Waals surface area (Å²) in [4.78, 5) is 4.19. The first-order valence-electron chi connectivity index (χ1n) is 6.42. The Balaban J connectivity index is 1.90. The third-order valence-corrected chi connectivity index (χ3v) is 4.25. The molecular weight excluding hydrogens is 248 g/mol. The number of allylic oxidation sites excluding steroid dienone is 1. The van der Waals surface area contributed by atoms with Crippen LogP contribution in [0.4, 0.5) is 0 Å². The maximum absolute atomic E-state index is 5.96. The molecule has 1 fully saturated rings. The second-order valence-electron chi connectivity index (χ2n) is 4.98. The molecule has 18 heavy (non-hydrogen) atoms. The SMILES string of the molecule is COc1cc(C2=C[C@H]3NCC[C@H]3CC2)cnc1Cl. The van der Waals surface area contributed by atoms with Crippen LogP contribution in [0.1, 0.15) is 24.8 Å². The Hall–Kier alpha value is -1.06. The van der Waals surface area contributed by atoms with Crippen molar-refractivity contribution in [2.75, 3.05) is 13.7 Å². The minimum Gasteiger partial charge on any atom is -0.494 e. The largest absolute Gasteiger partial charge is 0.494 e. The zero-order chi connectivity index (χ0) is 12.5. The van der Waals surface area contributed by atoms with Gasteiger partial charge in [-0.15, -0.1) is 0 Å². The predicted octanol–water partition coefficient (Wildman–Crippen LogP) is 2.90. The molecule has 0 amide bonds. The van der Waals surface area contributed by atoms with Gasteiger partial charge in [0.25, 0.3) is 0 Å². The number of fused-ring (bicyclic) bond motifs is 1. The van der Waals surface area contributed by atoms with E-state index in [0.717, 1.165) is 24.4 Å². The van der Waals surface area contributed by atoms with Crippen molar-refractivity contribution in [1.82, 2.24) is 10.3 Å². The zero-order valence-corrected chi connectivity index (χ0v) is 11.2. The molecule has 0 aromatic carbocycles. The highest BCUT2D eigenvalue weighted by Crippen LogP contribution is 2.35. The van der Waals surface area contributed by atoms with E-state index in [1.165, 1.54) is 18.4 Å². The summed E-state index contributed by atoms with van der Waals surface area (Å²) in [6, 6.07) is 2.52. The lowest BCUT2D eigenvalue weighted by atomic mass is 9.84. The monoisotopic (exact) mass is 264 g/mol. The van der Waals surface area contributed by atoms with Crippen LogP contribution < -0.4 is 10.1 Å². The molecule has 0 spiro atoms. The second kappa shape index (κ2) is 4.90. The third kappa shape index (κ3) is 2.13. The molecule has 1 saturated heterocycles. The molecule has 0 unspecified atom stereocenters. The van der Waals surface area contributed by atoms with Crippen LogP contribution >= 0.6 is 11.6 Å². The minimum atomic E-state index is 0.425. The van der Waals surface area contributed by atoms with Crippen molar-refractivity contribution in [3.05, 3.63) is 29.1 Å². The Morgan fingerprint density at radius 1 is 1.44 bits per heavy atom. The molecule has 1 aromatic rings. The highest BCUT2D eigenvalue weighted by atomic mass is 35.5. The number of nitrogens with zero attached hydrogens (tertiary/aromatic N) is 1. The Labute approximate surface area is 112 Å². The quantitative estimate of drug-likeness (QED) is 0.834. The molecule has 0 bridgehead atoms. The maximum Gasteiger partial charge on any atom is 0.171 e. The standard InChI is InChI=1S/C14H17ClN2O/c1-18-13-7-11(8-17-14(13)15)10-3-2-9-4-5-16-12(9)6-10/h6-9,12,16H,2-5H2,1H3/t9-,12-/m1/s1. The van der Waals surface area contributed by atoms with Crippen molar-refractivity contribution in [2.24, 2.45) is 5.92 Å². The van der Waals surface area contributed by atoms with Gasteiger partial charge < -0.3 is 10.1 Å². The lowest BCUT2D eigenvalue weighted by molar-refractivity contribution is 0.413. The number of halogens is 1. The minimum absolute atomic E-state index is 0.425. The fraction of sp³-hybridized carbons (Fsp3) is 0.500. The van der Waals surface area contributed by atoms with Crippen LogP contribution in [0.3, 0.4) is 0 Å². The number of nitrogens with one attached hydrogen (secondary N) is 1. The predicted molar refractivity (Wildman–Crippen MR) is 72.9 cm³/mol. The lowest BCUT2D eigenvalue weighted by Crippen LogP contribution is -2.27. The first-order valence-corrected chi connectivity index (χ1v) is 6.79. The van der Waals surface area contributed by atoms with Crippen LogP contribution in [-0.4, -0.2) is 24.7 Å². The summed E-state index contributed by atoms with van der Waals surface area (Å²) in [6.07, 6.45) is 7.87. The van der Waals surface area contributed by atoms with Gasteiger partial charge in [-0.05, 0) is 48.9 Å². The lowest BCUT2D eigenvalue weighted by Gasteiger charge is -2.24. The number of hydrogen-bond acceptors (Lipinski definition) is 3. The fourth-order valence-corrected chi connectivity index (χ4v) is 3.11. The summed E-state index contributed by atoms with van der Waals surface area (Å²) in [5, 5.41) is 3.97. The van der Waals surface area contributed by atoms with Gasteiger partial charge in [-0.25, -0.2) is 4.98 Å². The second-order valence-corrected chi connectivity index (χ2v) is 5.33. The molecule has 3 nitrogen and oxygen atoms in total. The van der Waals surface area contributed by atoms with Gasteiger partial charge in [0.1, 0.15) is 0 Å². The normalized spacial score (nSPS) is 26.7. The van der Waals surface area contributed by atoms with Crippen molar-refractivity contribution < 1.29 is 4.74 Å². The number of ether oxygens (including phenoxy) is 1. The number of rotatable bonds is 2. The van der Waals surface area contributed by atoms with Crippen LogP contribution in [0.5, 0.6) is 5.75 Å². The van der Waals surface area contributed by atoms with E-state index < -0.39 is 0 Å². The van der Waals surface area contributed by atoms with Gasteiger partial charge in [0.15, 0.2) is 10.9 Å². The summed E-state index contributed by atoms with van der Waals surface area (Å²) in [6.45, 7) is 1.14. The zero-order valence-electron chi connectivity index (χ0n) is 10.4. The van der Waals surface area contributed by atoms with Gasteiger partial charge in [-0.3, -0.25) is 0 Å². The maximum atomic E-state index is 5.96. The summed E-state index contributed by atoms with van der Waals surface area (Å²) in [5.41, 5.74) is 2.48. The van der Waals surface area contributed by atoms with Crippen LogP contribution in [0.25, 0.3) is 5.57 Å². The highest BCUT2D eigenvalue weighted by Gasteiger charge is 2.29. The third-order valence-electron chi connectivity index (χ3n) is 3.97. The van der Waals surface area contributed by atoms with E-state index >= 15 is 0 Å². The molecule has 1 aromatic heterocycles. The number of aromatic nitrogens is 1. The average molecular weight is 265 g/mol. The van der Waals surface area contributed by atoms with Crippen molar-refractivity contribution in [1.29, 1.82) is 0 Å². The van der Waals surface area contributed by atoms with E-state index in [-0.39, 0.29) is 0 Å². The Kier molecular flexibility index (Phi) is 3.27. The van der Waals surface area contributed by atoms with Crippen LogP contribution in [0, 0.1) is 5.92 Å². The van der Waals surface area contributed by atoms with Gasteiger partial charge in [0, 0.05) is 12.2 Å². The first-order chi connectivity index (χ1) is 8.78. The number of pyridine rings is 1. The molecule has 4 heteroatoms. The molecule has 2 heterocycles. The van der Waals surface area contributed by atoms with Gasteiger partial charge in [0.05, 0.1) is 7.11 Å². The van der Waals surface area contributed by atoms with Crippen LogP contribution in [-0.2, 0) is 0 Å². The number of methoxy groups -OCH3 is 1. The fourth-order valence-electron chi connectivity index (χ4n) is 2.93. The molecule has 2 atom stereocenters. The Morgan fingerprint density at radius 3 is 3.17 bits per heavy atom. The van der Waals surface area contributed by atoms with Crippen molar-refractivity contribution in [3.63, 3.8) is 0 Å². The van der Waals surface area contributed by atoms with Gasteiger partial charge in [-0.2, -0.15) is 0 Å². The van der Waals surface area contributed by atoms with E-state index in [0.29, 0.717) is 16.9 Å². The van der Waals surface area contributed by atoms with Crippen molar-refractivity contribution in [2.45, 2.75) is 25.3 Å². The first kappa shape index (κ1) is 12.0. The molecule has 0 saturated carbocycles. The van der Waals surface area contributed by atoms with Crippen LogP contribution in [0.15, 0.2) is 18.3 Å². The molecule has 96 valence electrons. The van der Waals surface area contributed by atoms with Crippen LogP contribution in [0.2, 0.25) is 5.15 Å². The van der Waals surface area contributed by atoms with E-state index in [1.807, 2.05) is 12.3 Å². The van der Waals surface area contributed by atoms with Crippen molar-refractivity contribution >= 4 is 17.2 Å². The smallest absolute Gasteiger partial charge is 0.171 e.